The predicted molar refractivity (Wildman–Crippen MR) is 189 cm³/mol. The molecule has 0 fully saturated rings. The summed E-state index contributed by atoms with van der Waals surface area (Å²) in [5.74, 6) is -0.902. The van der Waals surface area contributed by atoms with Crippen LogP contribution in [0.1, 0.15) is 181 Å². The van der Waals surface area contributed by atoms with Crippen LogP contribution in [0.4, 0.5) is 0 Å². The molecule has 0 radical (unpaired) electrons. The van der Waals surface area contributed by atoms with E-state index in [1.807, 2.05) is 0 Å². The van der Waals surface area contributed by atoms with Gasteiger partial charge in [0.2, 0.25) is 0 Å². The summed E-state index contributed by atoms with van der Waals surface area (Å²) in [6.07, 6.45) is 36.1. The van der Waals surface area contributed by atoms with Gasteiger partial charge in [0.25, 0.3) is 0 Å². The van der Waals surface area contributed by atoms with Gasteiger partial charge < -0.3 is 19.3 Å². The third-order valence-corrected chi connectivity index (χ3v) is 8.46. The van der Waals surface area contributed by atoms with E-state index in [0.29, 0.717) is 6.42 Å². The number of carbonyl (C=O) groups is 2. The van der Waals surface area contributed by atoms with Crippen LogP contribution in [0.25, 0.3) is 0 Å². The molecule has 1 atom stereocenters. The third-order valence-electron chi connectivity index (χ3n) is 7.97. The van der Waals surface area contributed by atoms with Gasteiger partial charge in [-0.3, -0.25) is 14.1 Å². The minimum atomic E-state index is -4.75. The van der Waals surface area contributed by atoms with E-state index in [0.717, 1.165) is 51.4 Å². The average Bonchev–Trinajstić information content (AvgIpc) is 3.02. The molecule has 270 valence electrons. The summed E-state index contributed by atoms with van der Waals surface area (Å²) in [5.41, 5.74) is 0. The molecule has 0 unspecified atom stereocenters. The Morgan fingerprint density at radius 2 is 0.978 bits per heavy atom. The number of hydrogen-bond acceptors (Lipinski definition) is 6. The summed E-state index contributed by atoms with van der Waals surface area (Å²) in [7, 11) is -4.75. The summed E-state index contributed by atoms with van der Waals surface area (Å²) in [6, 6.07) is 0. The molecule has 0 aliphatic carbocycles. The highest BCUT2D eigenvalue weighted by Crippen LogP contribution is 2.36. The fraction of sp³-hybridized carbons (Fsp3) is 0.838. The molecule has 0 bridgehead atoms. The summed E-state index contributed by atoms with van der Waals surface area (Å²) in [6.45, 7) is 3.64. The van der Waals surface area contributed by atoms with Crippen molar-refractivity contribution in [3.05, 3.63) is 24.3 Å². The predicted octanol–water partition coefficient (Wildman–Crippen LogP) is 10.8. The highest BCUT2D eigenvalue weighted by atomic mass is 31.2. The van der Waals surface area contributed by atoms with Gasteiger partial charge in [-0.05, 0) is 44.9 Å². The largest absolute Gasteiger partial charge is 0.469 e. The molecule has 0 aromatic carbocycles. The lowest BCUT2D eigenvalue weighted by Crippen LogP contribution is -2.29. The minimum Gasteiger partial charge on any atom is -0.462 e. The van der Waals surface area contributed by atoms with E-state index in [2.05, 4.69) is 42.7 Å². The van der Waals surface area contributed by atoms with Crippen LogP contribution in [0, 0.1) is 0 Å². The van der Waals surface area contributed by atoms with Crippen LogP contribution in [0.3, 0.4) is 0 Å². The third kappa shape index (κ3) is 35.4. The Labute approximate surface area is 281 Å². The van der Waals surface area contributed by atoms with E-state index in [1.165, 1.54) is 96.3 Å². The van der Waals surface area contributed by atoms with E-state index in [4.69, 9.17) is 19.3 Å². The van der Waals surface area contributed by atoms with Gasteiger partial charge in [-0.15, -0.1) is 0 Å². The number of ether oxygens (including phenoxy) is 2. The van der Waals surface area contributed by atoms with Gasteiger partial charge in [0.15, 0.2) is 6.10 Å². The van der Waals surface area contributed by atoms with Crippen molar-refractivity contribution >= 4 is 19.8 Å². The molecule has 9 heteroatoms. The number of esters is 2. The molecule has 0 heterocycles. The Balaban J connectivity index is 4.00. The highest BCUT2D eigenvalue weighted by molar-refractivity contribution is 7.46. The standard InChI is InChI=1S/C37H69O8P/c1-3-5-7-9-11-13-15-17-18-20-22-24-26-28-30-32-37(39)45-35(34-44-46(40,41)42)33-43-36(38)31-29-27-25-23-21-19-16-14-12-10-8-6-4-2/h13,15,18,20,35H,3-12,14,16-17,19,21-34H2,1-2H3,(H2,40,41,42)/b15-13-,20-18-/t35-/m1/s1. The number of phosphoric acid groups is 1. The zero-order chi connectivity index (χ0) is 34.0. The number of phosphoric ester groups is 1. The maximum atomic E-state index is 12.3. The minimum absolute atomic E-state index is 0.193. The maximum Gasteiger partial charge on any atom is 0.469 e. The lowest BCUT2D eigenvalue weighted by molar-refractivity contribution is -0.161. The first-order valence-corrected chi connectivity index (χ1v) is 20.2. The second-order valence-corrected chi connectivity index (χ2v) is 13.8. The van der Waals surface area contributed by atoms with Crippen LogP contribution in [-0.2, 0) is 28.2 Å². The number of unbranched alkanes of at least 4 members (excludes halogenated alkanes) is 20. The summed E-state index contributed by atoms with van der Waals surface area (Å²) >= 11 is 0. The Morgan fingerprint density at radius 1 is 0.565 bits per heavy atom. The first kappa shape index (κ1) is 44.5. The van der Waals surface area contributed by atoms with Crippen molar-refractivity contribution in [2.75, 3.05) is 13.2 Å². The maximum absolute atomic E-state index is 12.3. The molecule has 0 aliphatic rings. The van der Waals surface area contributed by atoms with Crippen LogP contribution >= 0.6 is 7.82 Å². The molecule has 0 aromatic rings. The summed E-state index contributed by atoms with van der Waals surface area (Å²) in [5, 5.41) is 0. The normalized spacial score (nSPS) is 12.7. The van der Waals surface area contributed by atoms with Crippen molar-refractivity contribution in [3.63, 3.8) is 0 Å². The monoisotopic (exact) mass is 672 g/mol. The molecule has 46 heavy (non-hydrogen) atoms. The van der Waals surface area contributed by atoms with Gasteiger partial charge in [-0.2, -0.15) is 0 Å². The van der Waals surface area contributed by atoms with Gasteiger partial charge in [-0.25, -0.2) is 4.57 Å². The van der Waals surface area contributed by atoms with Crippen molar-refractivity contribution in [2.45, 2.75) is 187 Å². The molecule has 2 N–H and O–H groups in total. The van der Waals surface area contributed by atoms with Crippen molar-refractivity contribution in [1.29, 1.82) is 0 Å². The highest BCUT2D eigenvalue weighted by Gasteiger charge is 2.22. The molecule has 8 nitrogen and oxygen atoms in total. The molecule has 0 rings (SSSR count). The molecular weight excluding hydrogens is 603 g/mol. The van der Waals surface area contributed by atoms with Crippen molar-refractivity contribution in [2.24, 2.45) is 0 Å². The van der Waals surface area contributed by atoms with Crippen LogP contribution in [0.2, 0.25) is 0 Å². The van der Waals surface area contributed by atoms with E-state index >= 15 is 0 Å². The number of carbonyl (C=O) groups excluding carboxylic acids is 2. The Hall–Kier alpha value is -1.47. The van der Waals surface area contributed by atoms with Crippen LogP contribution in [-0.4, -0.2) is 41.0 Å². The molecule has 0 saturated heterocycles. The zero-order valence-electron chi connectivity index (χ0n) is 29.5. The summed E-state index contributed by atoms with van der Waals surface area (Å²) in [4.78, 5) is 42.6. The fourth-order valence-corrected chi connectivity index (χ4v) is 5.53. The van der Waals surface area contributed by atoms with Crippen LogP contribution < -0.4 is 0 Å². The Morgan fingerprint density at radius 3 is 1.46 bits per heavy atom. The van der Waals surface area contributed by atoms with E-state index in [1.54, 1.807) is 0 Å². The lowest BCUT2D eigenvalue weighted by Gasteiger charge is -2.18. The number of rotatable bonds is 34. The van der Waals surface area contributed by atoms with Crippen LogP contribution in [0.15, 0.2) is 24.3 Å². The molecule has 0 amide bonds. The Bertz CT molecular complexity index is 807. The summed E-state index contributed by atoms with van der Waals surface area (Å²) < 4.78 is 26.3. The second kappa shape index (κ2) is 33.4. The fourth-order valence-electron chi connectivity index (χ4n) is 5.17. The average molecular weight is 673 g/mol. The lowest BCUT2D eigenvalue weighted by atomic mass is 10.0. The van der Waals surface area contributed by atoms with E-state index < -0.39 is 32.5 Å². The molecule has 0 aliphatic heterocycles. The Kier molecular flexibility index (Phi) is 32.4. The number of hydrogen-bond donors (Lipinski definition) is 2. The molecular formula is C37H69O8P. The number of allylic oxidation sites excluding steroid dienone is 4. The van der Waals surface area contributed by atoms with E-state index in [9.17, 15) is 14.2 Å². The van der Waals surface area contributed by atoms with Crippen molar-refractivity contribution in [3.8, 4) is 0 Å². The van der Waals surface area contributed by atoms with Gasteiger partial charge in [-0.1, -0.05) is 147 Å². The molecule has 0 saturated carbocycles. The smallest absolute Gasteiger partial charge is 0.462 e. The first-order chi connectivity index (χ1) is 22.3. The SMILES string of the molecule is CCCCCC/C=C\C/C=C\CCCCCCC(=O)O[C@H](COC(=O)CCCCCCCCCCCCCCC)COP(=O)(O)O. The van der Waals surface area contributed by atoms with E-state index in [-0.39, 0.29) is 19.4 Å². The topological polar surface area (TPSA) is 119 Å². The van der Waals surface area contributed by atoms with Crippen molar-refractivity contribution in [1.82, 2.24) is 0 Å². The zero-order valence-corrected chi connectivity index (χ0v) is 30.4. The van der Waals surface area contributed by atoms with Crippen molar-refractivity contribution < 1.29 is 37.9 Å². The second-order valence-electron chi connectivity index (χ2n) is 12.6. The van der Waals surface area contributed by atoms with Gasteiger partial charge in [0.05, 0.1) is 6.61 Å². The van der Waals surface area contributed by atoms with Gasteiger partial charge in [0, 0.05) is 12.8 Å². The molecule has 0 aromatic heterocycles. The first-order valence-electron chi connectivity index (χ1n) is 18.6. The molecule has 0 spiro atoms. The van der Waals surface area contributed by atoms with Gasteiger partial charge >= 0.3 is 19.8 Å². The van der Waals surface area contributed by atoms with Crippen LogP contribution in [0.5, 0.6) is 0 Å². The van der Waals surface area contributed by atoms with Gasteiger partial charge in [0.1, 0.15) is 6.61 Å². The quantitative estimate of drug-likeness (QED) is 0.0300.